The summed E-state index contributed by atoms with van der Waals surface area (Å²) in [4.78, 5) is 13.7. The number of hydrogen-bond acceptors (Lipinski definition) is 2. The van der Waals surface area contributed by atoms with Gasteiger partial charge in [0.05, 0.1) is 5.54 Å². The van der Waals surface area contributed by atoms with Crippen molar-refractivity contribution in [2.75, 3.05) is 6.54 Å². The molecule has 1 heterocycles. The number of ketones is 1. The van der Waals surface area contributed by atoms with Crippen LogP contribution < -0.4 is 0 Å². The van der Waals surface area contributed by atoms with E-state index in [9.17, 15) is 4.79 Å². The summed E-state index contributed by atoms with van der Waals surface area (Å²) in [5.41, 5.74) is -0.242. The van der Waals surface area contributed by atoms with Gasteiger partial charge < -0.3 is 0 Å². The maximum absolute atomic E-state index is 11.5. The Balaban J connectivity index is 2.84. The highest BCUT2D eigenvalue weighted by molar-refractivity contribution is 5.82. The Hall–Kier alpha value is -0.810. The quantitative estimate of drug-likeness (QED) is 0.591. The van der Waals surface area contributed by atoms with E-state index in [-0.39, 0.29) is 17.5 Å². The highest BCUT2D eigenvalue weighted by Gasteiger charge is 2.37. The van der Waals surface area contributed by atoms with Gasteiger partial charge in [-0.05, 0) is 20.8 Å². The lowest BCUT2D eigenvalue weighted by Gasteiger charge is -2.44. The van der Waals surface area contributed by atoms with Crippen molar-refractivity contribution in [2.24, 2.45) is 5.92 Å². The Morgan fingerprint density at radius 1 is 1.50 bits per heavy atom. The van der Waals surface area contributed by atoms with Crippen LogP contribution in [0, 0.1) is 18.3 Å². The summed E-state index contributed by atoms with van der Waals surface area (Å²) < 4.78 is 0. The molecule has 1 fully saturated rings. The Kier molecular flexibility index (Phi) is 3.01. The number of likely N-dealkylation sites (tertiary alicyclic amines) is 1. The first-order valence-corrected chi connectivity index (χ1v) is 5.17. The molecule has 0 aromatic heterocycles. The van der Waals surface area contributed by atoms with Gasteiger partial charge in [-0.25, -0.2) is 0 Å². The molecule has 2 atom stereocenters. The predicted molar refractivity (Wildman–Crippen MR) is 57.9 cm³/mol. The van der Waals surface area contributed by atoms with E-state index in [2.05, 4.69) is 17.7 Å². The van der Waals surface area contributed by atoms with Crippen molar-refractivity contribution in [3.05, 3.63) is 0 Å². The monoisotopic (exact) mass is 193 g/mol. The molecule has 78 valence electrons. The molecule has 1 aliphatic rings. The molecule has 2 nitrogen and oxygen atoms in total. The molecule has 0 N–H and O–H groups in total. The van der Waals surface area contributed by atoms with Crippen molar-refractivity contribution < 1.29 is 4.79 Å². The first-order chi connectivity index (χ1) is 6.40. The molecule has 1 saturated heterocycles. The van der Waals surface area contributed by atoms with Gasteiger partial charge in [-0.3, -0.25) is 9.69 Å². The number of Topliss-reactive ketones (excluding diaryl/α,β-unsaturated/α-hetero) is 1. The van der Waals surface area contributed by atoms with Crippen LogP contribution in [0.25, 0.3) is 0 Å². The summed E-state index contributed by atoms with van der Waals surface area (Å²) in [5, 5.41) is 0. The van der Waals surface area contributed by atoms with E-state index in [1.165, 1.54) is 0 Å². The molecule has 0 aromatic rings. The third-order valence-corrected chi connectivity index (χ3v) is 3.39. The van der Waals surface area contributed by atoms with Crippen LogP contribution in [0.5, 0.6) is 0 Å². The average Bonchev–Trinajstić information content (AvgIpc) is 2.14. The molecule has 1 rings (SSSR count). The van der Waals surface area contributed by atoms with E-state index in [1.807, 2.05) is 20.8 Å². The van der Waals surface area contributed by atoms with Crippen LogP contribution in [0.3, 0.4) is 0 Å². The summed E-state index contributed by atoms with van der Waals surface area (Å²) in [7, 11) is 0. The lowest BCUT2D eigenvalue weighted by atomic mass is 9.86. The maximum Gasteiger partial charge on any atom is 0.138 e. The summed E-state index contributed by atoms with van der Waals surface area (Å²) in [6, 6.07) is 0.252. The zero-order chi connectivity index (χ0) is 10.9. The van der Waals surface area contributed by atoms with Gasteiger partial charge in [0, 0.05) is 24.9 Å². The first-order valence-electron chi connectivity index (χ1n) is 5.17. The van der Waals surface area contributed by atoms with Gasteiger partial charge in [0.15, 0.2) is 0 Å². The van der Waals surface area contributed by atoms with Crippen molar-refractivity contribution >= 4 is 5.78 Å². The maximum atomic E-state index is 11.5. The minimum atomic E-state index is -0.242. The van der Waals surface area contributed by atoms with Gasteiger partial charge in [-0.1, -0.05) is 12.8 Å². The molecule has 14 heavy (non-hydrogen) atoms. The summed E-state index contributed by atoms with van der Waals surface area (Å²) >= 11 is 0. The van der Waals surface area contributed by atoms with Gasteiger partial charge in [0.25, 0.3) is 0 Å². The smallest absolute Gasteiger partial charge is 0.138 e. The molecular formula is C12H19NO. The van der Waals surface area contributed by atoms with Crippen molar-refractivity contribution in [1.29, 1.82) is 0 Å². The zero-order valence-electron chi connectivity index (χ0n) is 9.50. The Morgan fingerprint density at radius 3 is 2.57 bits per heavy atom. The number of carbonyl (C=O) groups is 1. The van der Waals surface area contributed by atoms with Crippen LogP contribution in [0.2, 0.25) is 0 Å². The standard InChI is InChI=1S/C12H19NO/c1-6-12(4,5)13-8-7-11(14)9(2)10(13)3/h1,9-10H,7-8H2,2-5H3. The Bertz CT molecular complexity index is 275. The molecule has 2 unspecified atom stereocenters. The third kappa shape index (κ3) is 1.83. The lowest BCUT2D eigenvalue weighted by molar-refractivity contribution is -0.129. The number of terminal acetylenes is 1. The van der Waals surface area contributed by atoms with Crippen LogP contribution in [0.1, 0.15) is 34.1 Å². The first kappa shape index (κ1) is 11.3. The van der Waals surface area contributed by atoms with Gasteiger partial charge in [-0.15, -0.1) is 6.42 Å². The second-order valence-corrected chi connectivity index (χ2v) is 4.64. The van der Waals surface area contributed by atoms with Crippen LogP contribution >= 0.6 is 0 Å². The molecule has 0 saturated carbocycles. The van der Waals surface area contributed by atoms with Crippen molar-refractivity contribution in [1.82, 2.24) is 4.90 Å². The zero-order valence-corrected chi connectivity index (χ0v) is 9.50. The topological polar surface area (TPSA) is 20.3 Å². The number of rotatable bonds is 1. The van der Waals surface area contributed by atoms with Crippen LogP contribution in [0.15, 0.2) is 0 Å². The van der Waals surface area contributed by atoms with E-state index >= 15 is 0 Å². The normalized spacial score (nSPS) is 30.1. The molecule has 0 amide bonds. The fourth-order valence-electron chi connectivity index (χ4n) is 2.07. The molecule has 0 bridgehead atoms. The second kappa shape index (κ2) is 3.74. The van der Waals surface area contributed by atoms with Crippen molar-refractivity contribution in [3.8, 4) is 12.3 Å². The molecular weight excluding hydrogens is 174 g/mol. The Morgan fingerprint density at radius 2 is 2.07 bits per heavy atom. The fraction of sp³-hybridized carbons (Fsp3) is 0.750. The van der Waals surface area contributed by atoms with Gasteiger partial charge in [-0.2, -0.15) is 0 Å². The lowest BCUT2D eigenvalue weighted by Crippen LogP contribution is -2.55. The average molecular weight is 193 g/mol. The molecule has 0 spiro atoms. The molecule has 2 heteroatoms. The number of nitrogens with zero attached hydrogens (tertiary/aromatic N) is 1. The van der Waals surface area contributed by atoms with E-state index in [1.54, 1.807) is 0 Å². The predicted octanol–water partition coefficient (Wildman–Crippen LogP) is 1.70. The van der Waals surface area contributed by atoms with E-state index < -0.39 is 0 Å². The SMILES string of the molecule is C#CC(C)(C)N1CCC(=O)C(C)C1C. The van der Waals surface area contributed by atoms with Crippen molar-refractivity contribution in [2.45, 2.75) is 45.7 Å². The highest BCUT2D eigenvalue weighted by Crippen LogP contribution is 2.27. The van der Waals surface area contributed by atoms with Gasteiger partial charge >= 0.3 is 0 Å². The van der Waals surface area contributed by atoms with Crippen molar-refractivity contribution in [3.63, 3.8) is 0 Å². The van der Waals surface area contributed by atoms with E-state index in [4.69, 9.17) is 6.42 Å². The van der Waals surface area contributed by atoms with Gasteiger partial charge in [0.1, 0.15) is 5.78 Å². The van der Waals surface area contributed by atoms with Crippen LogP contribution in [-0.2, 0) is 4.79 Å². The molecule has 0 radical (unpaired) electrons. The van der Waals surface area contributed by atoms with E-state index in [0.29, 0.717) is 12.2 Å². The van der Waals surface area contributed by atoms with Gasteiger partial charge in [0.2, 0.25) is 0 Å². The third-order valence-electron chi connectivity index (χ3n) is 3.39. The summed E-state index contributed by atoms with van der Waals surface area (Å²) in [5.74, 6) is 3.26. The second-order valence-electron chi connectivity index (χ2n) is 4.64. The van der Waals surface area contributed by atoms with E-state index in [0.717, 1.165) is 6.54 Å². The Labute approximate surface area is 86.7 Å². The largest absolute Gasteiger partial charge is 0.299 e. The minimum Gasteiger partial charge on any atom is -0.299 e. The number of carbonyl (C=O) groups excluding carboxylic acids is 1. The summed E-state index contributed by atoms with van der Waals surface area (Å²) in [6.45, 7) is 8.94. The minimum absolute atomic E-state index is 0.108. The fourth-order valence-corrected chi connectivity index (χ4v) is 2.07. The number of piperidine rings is 1. The molecule has 0 aromatic carbocycles. The van der Waals surface area contributed by atoms with Crippen LogP contribution in [0.4, 0.5) is 0 Å². The molecule has 0 aliphatic carbocycles. The van der Waals surface area contributed by atoms with Crippen LogP contribution in [-0.4, -0.2) is 28.8 Å². The highest BCUT2D eigenvalue weighted by atomic mass is 16.1. The summed E-state index contributed by atoms with van der Waals surface area (Å²) in [6.07, 6.45) is 6.14. The number of hydrogen-bond donors (Lipinski definition) is 0. The molecule has 1 aliphatic heterocycles.